The molecule has 0 aliphatic rings. The molecular weight excluding hydrogens is 470 g/mol. The Bertz CT molecular complexity index is 951. The molecule has 0 heterocycles. The fourth-order valence-corrected chi connectivity index (χ4v) is 2.59. The number of anilines is 1. The van der Waals surface area contributed by atoms with Gasteiger partial charge in [0, 0.05) is 22.2 Å². The summed E-state index contributed by atoms with van der Waals surface area (Å²) >= 11 is 9.16. The third kappa shape index (κ3) is 6.54. The number of amides is 2. The predicted molar refractivity (Wildman–Crippen MR) is 109 cm³/mol. The number of carbonyl (C=O) groups is 3. The van der Waals surface area contributed by atoms with Gasteiger partial charge in [0.1, 0.15) is 6.54 Å². The van der Waals surface area contributed by atoms with Gasteiger partial charge in [-0.15, -0.1) is 0 Å². The van der Waals surface area contributed by atoms with Crippen molar-refractivity contribution in [2.24, 2.45) is 0 Å². The third-order valence-electron chi connectivity index (χ3n) is 3.60. The molecule has 2 aromatic rings. The van der Waals surface area contributed by atoms with Crippen molar-refractivity contribution < 1.29 is 24.0 Å². The second kappa shape index (κ2) is 9.99. The number of halogens is 2. The van der Waals surface area contributed by atoms with Crippen molar-refractivity contribution in [1.29, 1.82) is 0 Å². The summed E-state index contributed by atoms with van der Waals surface area (Å²) in [4.78, 5) is 46.0. The Hall–Kier alpha value is -2.98. The zero-order chi connectivity index (χ0) is 21.6. The molecule has 152 valence electrons. The number of hydrogen-bond donors (Lipinski definition) is 2. The first-order valence-electron chi connectivity index (χ1n) is 8.15. The van der Waals surface area contributed by atoms with Crippen LogP contribution in [0.25, 0.3) is 0 Å². The van der Waals surface area contributed by atoms with E-state index < -0.39 is 35.4 Å². The Labute approximate surface area is 178 Å². The molecule has 1 atom stereocenters. The SMILES string of the molecule is C[C@@H](OC(=O)CNC(=O)c1ccc(Br)cc1)C(=O)Nc1ccc([N+](=O)[O-])cc1Cl. The van der Waals surface area contributed by atoms with Crippen molar-refractivity contribution >= 4 is 56.7 Å². The predicted octanol–water partition coefficient (Wildman–Crippen LogP) is 3.31. The van der Waals surface area contributed by atoms with E-state index >= 15 is 0 Å². The van der Waals surface area contributed by atoms with E-state index in [1.807, 2.05) is 0 Å². The fraction of sp³-hybridized carbons (Fsp3) is 0.167. The van der Waals surface area contributed by atoms with Crippen LogP contribution in [0.5, 0.6) is 0 Å². The lowest BCUT2D eigenvalue weighted by Gasteiger charge is -2.14. The molecule has 11 heteroatoms. The van der Waals surface area contributed by atoms with Crippen molar-refractivity contribution in [3.05, 3.63) is 67.6 Å². The second-order valence-electron chi connectivity index (χ2n) is 5.73. The summed E-state index contributed by atoms with van der Waals surface area (Å²) in [5.41, 5.74) is 0.266. The number of nitro groups is 1. The average Bonchev–Trinajstić information content (AvgIpc) is 2.67. The van der Waals surface area contributed by atoms with Crippen molar-refractivity contribution in [3.63, 3.8) is 0 Å². The molecule has 0 radical (unpaired) electrons. The molecule has 2 rings (SSSR count). The number of nitro benzene ring substituents is 1. The number of rotatable bonds is 7. The monoisotopic (exact) mass is 483 g/mol. The molecule has 0 unspecified atom stereocenters. The van der Waals surface area contributed by atoms with Gasteiger partial charge in [0.2, 0.25) is 0 Å². The Kier molecular flexibility index (Phi) is 7.68. The van der Waals surface area contributed by atoms with E-state index in [-0.39, 0.29) is 16.4 Å². The summed E-state index contributed by atoms with van der Waals surface area (Å²) in [5.74, 6) is -1.97. The lowest BCUT2D eigenvalue weighted by atomic mass is 10.2. The zero-order valence-electron chi connectivity index (χ0n) is 15.0. The summed E-state index contributed by atoms with van der Waals surface area (Å²) in [5, 5.41) is 15.5. The third-order valence-corrected chi connectivity index (χ3v) is 4.44. The second-order valence-corrected chi connectivity index (χ2v) is 7.06. The van der Waals surface area contributed by atoms with E-state index in [9.17, 15) is 24.5 Å². The first-order valence-corrected chi connectivity index (χ1v) is 9.32. The van der Waals surface area contributed by atoms with Crippen LogP contribution in [0.1, 0.15) is 17.3 Å². The van der Waals surface area contributed by atoms with Gasteiger partial charge < -0.3 is 15.4 Å². The summed E-state index contributed by atoms with van der Waals surface area (Å²) in [6.07, 6.45) is -1.18. The molecule has 9 nitrogen and oxygen atoms in total. The van der Waals surface area contributed by atoms with Crippen LogP contribution in [-0.4, -0.2) is 35.4 Å². The number of nitrogens with one attached hydrogen (secondary N) is 2. The minimum atomic E-state index is -1.18. The van der Waals surface area contributed by atoms with Crippen LogP contribution in [0.2, 0.25) is 5.02 Å². The standard InChI is InChI=1S/C18H15BrClN3O6/c1-10(17(25)22-15-7-6-13(23(27)28)8-14(15)20)29-16(24)9-21-18(26)11-2-4-12(19)5-3-11/h2-8,10H,9H2,1H3,(H,21,26)(H,22,25)/t10-/m1/s1. The van der Waals surface area contributed by atoms with Gasteiger partial charge in [0.25, 0.3) is 17.5 Å². The molecule has 0 aliphatic heterocycles. The maximum Gasteiger partial charge on any atom is 0.326 e. The van der Waals surface area contributed by atoms with Crippen molar-refractivity contribution in [3.8, 4) is 0 Å². The van der Waals surface area contributed by atoms with Crippen LogP contribution < -0.4 is 10.6 Å². The average molecular weight is 485 g/mol. The summed E-state index contributed by atoms with van der Waals surface area (Å²) < 4.78 is 5.77. The highest BCUT2D eigenvalue weighted by atomic mass is 79.9. The van der Waals surface area contributed by atoms with Crippen LogP contribution in [0.15, 0.2) is 46.9 Å². The number of nitrogens with zero attached hydrogens (tertiary/aromatic N) is 1. The fourth-order valence-electron chi connectivity index (χ4n) is 2.10. The van der Waals surface area contributed by atoms with Crippen LogP contribution in [0.4, 0.5) is 11.4 Å². The molecule has 0 aromatic heterocycles. The first kappa shape index (κ1) is 22.3. The minimum absolute atomic E-state index is 0.0344. The van der Waals surface area contributed by atoms with Gasteiger partial charge in [0.15, 0.2) is 6.10 Å². The Morgan fingerprint density at radius 2 is 1.86 bits per heavy atom. The van der Waals surface area contributed by atoms with E-state index in [0.29, 0.717) is 5.56 Å². The maximum absolute atomic E-state index is 12.1. The van der Waals surface area contributed by atoms with Crippen molar-refractivity contribution in [2.45, 2.75) is 13.0 Å². The summed E-state index contributed by atoms with van der Waals surface area (Å²) in [6, 6.07) is 10.1. The lowest BCUT2D eigenvalue weighted by Crippen LogP contribution is -2.35. The highest BCUT2D eigenvalue weighted by Gasteiger charge is 2.20. The van der Waals surface area contributed by atoms with E-state index in [1.165, 1.54) is 19.1 Å². The quantitative estimate of drug-likeness (QED) is 0.352. The van der Waals surface area contributed by atoms with Gasteiger partial charge in [-0.2, -0.15) is 0 Å². The van der Waals surface area contributed by atoms with E-state index in [4.69, 9.17) is 16.3 Å². The highest BCUT2D eigenvalue weighted by Crippen LogP contribution is 2.26. The molecule has 0 spiro atoms. The summed E-state index contributed by atoms with van der Waals surface area (Å²) in [6.45, 7) is 0.911. The first-order chi connectivity index (χ1) is 13.7. The molecule has 2 N–H and O–H groups in total. The maximum atomic E-state index is 12.1. The van der Waals surface area contributed by atoms with Gasteiger partial charge in [-0.1, -0.05) is 27.5 Å². The normalized spacial score (nSPS) is 11.3. The molecule has 0 fully saturated rings. The molecule has 0 aliphatic carbocycles. The van der Waals surface area contributed by atoms with E-state index in [2.05, 4.69) is 26.6 Å². The largest absolute Gasteiger partial charge is 0.451 e. The topological polar surface area (TPSA) is 128 Å². The number of benzene rings is 2. The van der Waals surface area contributed by atoms with E-state index in [0.717, 1.165) is 10.5 Å². The van der Waals surface area contributed by atoms with Gasteiger partial charge in [-0.25, -0.2) is 0 Å². The Morgan fingerprint density at radius 1 is 1.21 bits per heavy atom. The van der Waals surface area contributed by atoms with Gasteiger partial charge in [-0.3, -0.25) is 24.5 Å². The number of non-ortho nitro benzene ring substituents is 1. The van der Waals surface area contributed by atoms with Gasteiger partial charge in [0.05, 0.1) is 15.6 Å². The minimum Gasteiger partial charge on any atom is -0.451 e. The molecular formula is C18H15BrClN3O6. The summed E-state index contributed by atoms with van der Waals surface area (Å²) in [7, 11) is 0. The number of carbonyl (C=O) groups excluding carboxylic acids is 3. The molecule has 29 heavy (non-hydrogen) atoms. The van der Waals surface area contributed by atoms with Crippen LogP contribution in [0.3, 0.4) is 0 Å². The lowest BCUT2D eigenvalue weighted by molar-refractivity contribution is -0.384. The molecule has 0 bridgehead atoms. The number of esters is 1. The van der Waals surface area contributed by atoms with Crippen molar-refractivity contribution in [2.75, 3.05) is 11.9 Å². The molecule has 2 amide bonds. The molecule has 0 saturated carbocycles. The zero-order valence-corrected chi connectivity index (χ0v) is 17.3. The van der Waals surface area contributed by atoms with Gasteiger partial charge in [-0.05, 0) is 37.3 Å². The van der Waals surface area contributed by atoms with Crippen LogP contribution in [0, 0.1) is 10.1 Å². The highest BCUT2D eigenvalue weighted by molar-refractivity contribution is 9.10. The Balaban J connectivity index is 1.85. The van der Waals surface area contributed by atoms with E-state index in [1.54, 1.807) is 24.3 Å². The smallest absolute Gasteiger partial charge is 0.326 e. The van der Waals surface area contributed by atoms with Crippen molar-refractivity contribution in [1.82, 2.24) is 5.32 Å². The number of ether oxygens (including phenoxy) is 1. The number of hydrogen-bond acceptors (Lipinski definition) is 6. The van der Waals surface area contributed by atoms with Crippen LogP contribution in [-0.2, 0) is 14.3 Å². The van der Waals surface area contributed by atoms with Gasteiger partial charge >= 0.3 is 5.97 Å². The molecule has 2 aromatic carbocycles. The Morgan fingerprint density at radius 3 is 2.45 bits per heavy atom. The van der Waals surface area contributed by atoms with Crippen LogP contribution >= 0.6 is 27.5 Å². The molecule has 0 saturated heterocycles.